The average Bonchev–Trinajstić information content (AvgIpc) is 2.78. The molecule has 0 atom stereocenters. The summed E-state index contributed by atoms with van der Waals surface area (Å²) in [6.45, 7) is 0.817. The first-order chi connectivity index (χ1) is 9.85. The molecule has 1 aliphatic heterocycles. The Bertz CT molecular complexity index is 485. The minimum absolute atomic E-state index is 0.0571. The maximum absolute atomic E-state index is 11.8. The number of rotatable bonds is 7. The van der Waals surface area contributed by atoms with Crippen LogP contribution in [0.5, 0.6) is 0 Å². The molecule has 1 aromatic rings. The summed E-state index contributed by atoms with van der Waals surface area (Å²) in [5, 5.41) is 16.0. The molecule has 1 fully saturated rings. The molecule has 2 rings (SSSR count). The van der Waals surface area contributed by atoms with E-state index >= 15 is 0 Å². The van der Waals surface area contributed by atoms with Crippen molar-refractivity contribution in [1.82, 2.24) is 19.9 Å². The number of aromatic carboxylic acids is 1. The SMILES string of the molecule is O=C(O)c1cn(C2CN(CCCOCC(F)(F)F)C2)nn1. The predicted octanol–water partition coefficient (Wildman–Crippen LogP) is 0.802. The van der Waals surface area contributed by atoms with E-state index < -0.39 is 18.8 Å². The van der Waals surface area contributed by atoms with E-state index in [9.17, 15) is 18.0 Å². The molecule has 0 aliphatic carbocycles. The summed E-state index contributed by atoms with van der Waals surface area (Å²) in [6, 6.07) is 0.0571. The van der Waals surface area contributed by atoms with Gasteiger partial charge in [0.25, 0.3) is 0 Å². The maximum Gasteiger partial charge on any atom is 0.411 e. The van der Waals surface area contributed by atoms with E-state index in [1.807, 2.05) is 4.90 Å². The zero-order valence-electron chi connectivity index (χ0n) is 11.1. The molecule has 0 unspecified atom stereocenters. The van der Waals surface area contributed by atoms with Gasteiger partial charge in [-0.15, -0.1) is 5.10 Å². The lowest BCUT2D eigenvalue weighted by atomic mass is 10.1. The molecular weight excluding hydrogens is 293 g/mol. The van der Waals surface area contributed by atoms with Gasteiger partial charge in [0.2, 0.25) is 0 Å². The number of nitrogens with zero attached hydrogens (tertiary/aromatic N) is 4. The zero-order chi connectivity index (χ0) is 15.5. The molecule has 118 valence electrons. The summed E-state index contributed by atoms with van der Waals surface area (Å²) < 4.78 is 41.5. The van der Waals surface area contributed by atoms with Crippen molar-refractivity contribution in [3.63, 3.8) is 0 Å². The van der Waals surface area contributed by atoms with Gasteiger partial charge < -0.3 is 9.84 Å². The number of aromatic nitrogens is 3. The van der Waals surface area contributed by atoms with Gasteiger partial charge in [0, 0.05) is 26.2 Å². The van der Waals surface area contributed by atoms with Gasteiger partial charge in [-0.1, -0.05) is 5.21 Å². The molecule has 0 radical (unpaired) electrons. The summed E-state index contributed by atoms with van der Waals surface area (Å²) in [6.07, 6.45) is -2.39. The fourth-order valence-corrected chi connectivity index (χ4v) is 2.02. The van der Waals surface area contributed by atoms with Crippen molar-refractivity contribution < 1.29 is 27.8 Å². The van der Waals surface area contributed by atoms with Crippen molar-refractivity contribution in [2.24, 2.45) is 0 Å². The van der Waals surface area contributed by atoms with Crippen LogP contribution < -0.4 is 0 Å². The lowest BCUT2D eigenvalue weighted by Gasteiger charge is -2.38. The van der Waals surface area contributed by atoms with Crippen LogP contribution in [0.15, 0.2) is 6.20 Å². The smallest absolute Gasteiger partial charge is 0.411 e. The van der Waals surface area contributed by atoms with E-state index in [-0.39, 0.29) is 18.3 Å². The molecule has 2 heterocycles. The average molecular weight is 308 g/mol. The highest BCUT2D eigenvalue weighted by Crippen LogP contribution is 2.20. The third kappa shape index (κ3) is 4.67. The van der Waals surface area contributed by atoms with Crippen LogP contribution in [-0.2, 0) is 4.74 Å². The minimum atomic E-state index is -4.28. The Kier molecular flexibility index (Phi) is 4.78. The van der Waals surface area contributed by atoms with E-state index in [4.69, 9.17) is 5.11 Å². The van der Waals surface area contributed by atoms with Gasteiger partial charge in [-0.2, -0.15) is 13.2 Å². The highest BCUT2D eigenvalue weighted by Gasteiger charge is 2.30. The number of alkyl halides is 3. The monoisotopic (exact) mass is 308 g/mol. The number of carboxylic acids is 1. The zero-order valence-corrected chi connectivity index (χ0v) is 11.1. The van der Waals surface area contributed by atoms with E-state index in [0.717, 1.165) is 0 Å². The summed E-state index contributed by atoms with van der Waals surface area (Å²) in [4.78, 5) is 12.7. The van der Waals surface area contributed by atoms with Gasteiger partial charge in [0.15, 0.2) is 5.69 Å². The molecule has 0 saturated carbocycles. The lowest BCUT2D eigenvalue weighted by Crippen LogP contribution is -2.48. The molecule has 0 bridgehead atoms. The molecule has 21 heavy (non-hydrogen) atoms. The number of halogens is 3. The van der Waals surface area contributed by atoms with Crippen molar-refractivity contribution in [2.45, 2.75) is 18.6 Å². The van der Waals surface area contributed by atoms with Gasteiger partial charge in [0.05, 0.1) is 12.2 Å². The van der Waals surface area contributed by atoms with Crippen LogP contribution in [0, 0.1) is 0 Å². The fourth-order valence-electron chi connectivity index (χ4n) is 2.02. The van der Waals surface area contributed by atoms with Crippen LogP contribution in [0.1, 0.15) is 23.0 Å². The maximum atomic E-state index is 11.8. The second-order valence-electron chi connectivity index (χ2n) is 4.82. The van der Waals surface area contributed by atoms with E-state index in [0.29, 0.717) is 26.1 Å². The van der Waals surface area contributed by atoms with Crippen LogP contribution >= 0.6 is 0 Å². The number of ether oxygens (including phenoxy) is 1. The Morgan fingerprint density at radius 2 is 2.19 bits per heavy atom. The lowest BCUT2D eigenvalue weighted by molar-refractivity contribution is -0.174. The summed E-state index contributed by atoms with van der Waals surface area (Å²) in [5.41, 5.74) is -0.103. The molecular formula is C11H15F3N4O3. The first kappa shape index (κ1) is 15.7. The van der Waals surface area contributed by atoms with E-state index in [1.165, 1.54) is 10.9 Å². The number of hydrogen-bond donors (Lipinski definition) is 1. The molecule has 7 nitrogen and oxygen atoms in total. The molecule has 1 saturated heterocycles. The summed E-state index contributed by atoms with van der Waals surface area (Å²) >= 11 is 0. The van der Waals surface area contributed by atoms with Crippen LogP contribution in [-0.4, -0.2) is 70.0 Å². The molecule has 1 aliphatic rings. The third-order valence-electron chi connectivity index (χ3n) is 3.07. The largest absolute Gasteiger partial charge is 0.476 e. The van der Waals surface area contributed by atoms with Gasteiger partial charge in [-0.05, 0) is 6.42 Å². The Balaban J connectivity index is 1.60. The molecule has 0 spiro atoms. The highest BCUT2D eigenvalue weighted by atomic mass is 19.4. The Morgan fingerprint density at radius 3 is 2.76 bits per heavy atom. The molecule has 10 heteroatoms. The van der Waals surface area contributed by atoms with Crippen molar-refractivity contribution in [1.29, 1.82) is 0 Å². The van der Waals surface area contributed by atoms with Crippen LogP contribution in [0.2, 0.25) is 0 Å². The van der Waals surface area contributed by atoms with Crippen LogP contribution in [0.25, 0.3) is 0 Å². The van der Waals surface area contributed by atoms with Crippen molar-refractivity contribution >= 4 is 5.97 Å². The number of likely N-dealkylation sites (tertiary alicyclic amines) is 1. The normalized spacial score (nSPS) is 16.9. The van der Waals surface area contributed by atoms with Crippen molar-refractivity contribution in [3.8, 4) is 0 Å². The Morgan fingerprint density at radius 1 is 1.48 bits per heavy atom. The fraction of sp³-hybridized carbons (Fsp3) is 0.727. The Hall–Kier alpha value is -1.68. The molecule has 0 amide bonds. The van der Waals surface area contributed by atoms with Crippen LogP contribution in [0.4, 0.5) is 13.2 Å². The molecule has 0 aromatic carbocycles. The second kappa shape index (κ2) is 6.39. The topological polar surface area (TPSA) is 80.5 Å². The molecule has 1 aromatic heterocycles. The predicted molar refractivity (Wildman–Crippen MR) is 63.9 cm³/mol. The standard InChI is InChI=1S/C11H15F3N4O3/c12-11(13,14)7-21-3-1-2-17-4-8(5-17)18-6-9(10(19)20)15-16-18/h6,8H,1-5,7H2,(H,19,20). The Labute approximate surface area is 118 Å². The van der Waals surface area contributed by atoms with Gasteiger partial charge in [-0.25, -0.2) is 9.48 Å². The van der Waals surface area contributed by atoms with Crippen LogP contribution in [0.3, 0.4) is 0 Å². The van der Waals surface area contributed by atoms with Crippen molar-refractivity contribution in [2.75, 3.05) is 32.8 Å². The quantitative estimate of drug-likeness (QED) is 0.751. The third-order valence-corrected chi connectivity index (χ3v) is 3.07. The first-order valence-corrected chi connectivity index (χ1v) is 6.37. The minimum Gasteiger partial charge on any atom is -0.476 e. The first-order valence-electron chi connectivity index (χ1n) is 6.37. The van der Waals surface area contributed by atoms with Gasteiger partial charge >= 0.3 is 12.1 Å². The number of carboxylic acid groups (broad SMARTS) is 1. The van der Waals surface area contributed by atoms with Gasteiger partial charge in [-0.3, -0.25) is 4.90 Å². The summed E-state index contributed by atoms with van der Waals surface area (Å²) in [7, 11) is 0. The number of hydrogen-bond acceptors (Lipinski definition) is 5. The summed E-state index contributed by atoms with van der Waals surface area (Å²) in [5.74, 6) is -1.13. The number of carbonyl (C=O) groups is 1. The highest BCUT2D eigenvalue weighted by molar-refractivity contribution is 5.84. The van der Waals surface area contributed by atoms with E-state index in [2.05, 4.69) is 15.0 Å². The van der Waals surface area contributed by atoms with Gasteiger partial charge in [0.1, 0.15) is 6.61 Å². The van der Waals surface area contributed by atoms with E-state index in [1.54, 1.807) is 0 Å². The second-order valence-corrected chi connectivity index (χ2v) is 4.82. The molecule has 1 N–H and O–H groups in total. The van der Waals surface area contributed by atoms with Crippen molar-refractivity contribution in [3.05, 3.63) is 11.9 Å².